The molecule has 0 radical (unpaired) electrons. The Morgan fingerprint density at radius 1 is 0.878 bits per heavy atom. The summed E-state index contributed by atoms with van der Waals surface area (Å²) in [5, 5.41) is 6.17. The Kier molecular flexibility index (Phi) is 6.12. The fourth-order valence-electron chi connectivity index (χ4n) is 8.93. The molecule has 4 aliphatic carbocycles. The normalized spacial score (nSPS) is 27.9. The molecule has 7 heteroatoms. The number of hydrogen-bond acceptors (Lipinski definition) is 6. The van der Waals surface area contributed by atoms with Crippen LogP contribution < -0.4 is 15.5 Å². The van der Waals surface area contributed by atoms with Crippen LogP contribution in [0.1, 0.15) is 48.0 Å². The molecular weight excluding hydrogens is 514 g/mol. The lowest BCUT2D eigenvalue weighted by atomic mass is 9.12. The summed E-state index contributed by atoms with van der Waals surface area (Å²) in [5.41, 5.74) is 7.31. The number of amides is 1. The Hall–Kier alpha value is -3.84. The minimum Gasteiger partial charge on any atom is -0.465 e. The molecule has 7 rings (SSSR count). The zero-order valence-corrected chi connectivity index (χ0v) is 23.9. The van der Waals surface area contributed by atoms with Crippen LogP contribution in [-0.4, -0.2) is 39.8 Å². The van der Waals surface area contributed by atoms with E-state index in [4.69, 9.17) is 9.47 Å². The van der Waals surface area contributed by atoms with E-state index < -0.39 is 5.97 Å². The number of carbonyl (C=O) groups is 2. The predicted molar refractivity (Wildman–Crippen MR) is 160 cm³/mol. The standard InChI is InChI=1S/C34H37N3O4/c1-37(27-9-4-21(5-10-27)33-19-23-16-22-17-24(20-33)34(22,23)33)28-11-6-25(7-12-28)35-30-18-26(36-31(38)14-15-40-2)8-13-29(30)32(39)41-3/h4-13,18,22-24,35H,14-17,19-20H2,1-3H3,(H,36,38). The third-order valence-electron chi connectivity index (χ3n) is 10.8. The molecule has 1 spiro atoms. The van der Waals surface area contributed by atoms with Crippen molar-refractivity contribution in [2.45, 2.75) is 37.5 Å². The lowest BCUT2D eigenvalue weighted by molar-refractivity contribution is -0.395. The summed E-state index contributed by atoms with van der Waals surface area (Å²) in [6.07, 6.45) is 6.04. The highest BCUT2D eigenvalue weighted by Crippen LogP contribution is 2.92. The topological polar surface area (TPSA) is 79.9 Å². The first-order valence-electron chi connectivity index (χ1n) is 14.6. The maximum absolute atomic E-state index is 12.4. The number of anilines is 5. The molecule has 3 aromatic carbocycles. The van der Waals surface area contributed by atoms with Crippen LogP contribution in [0.4, 0.5) is 28.4 Å². The Morgan fingerprint density at radius 2 is 1.51 bits per heavy atom. The first kappa shape index (κ1) is 26.1. The average molecular weight is 552 g/mol. The molecule has 0 aromatic heterocycles. The van der Waals surface area contributed by atoms with Gasteiger partial charge in [-0.25, -0.2) is 4.79 Å². The molecule has 0 aliphatic heterocycles. The summed E-state index contributed by atoms with van der Waals surface area (Å²) >= 11 is 0. The fourth-order valence-corrected chi connectivity index (χ4v) is 8.93. The highest BCUT2D eigenvalue weighted by atomic mass is 16.5. The van der Waals surface area contributed by atoms with Crippen LogP contribution in [0.2, 0.25) is 0 Å². The zero-order valence-electron chi connectivity index (χ0n) is 23.9. The van der Waals surface area contributed by atoms with Crippen LogP contribution in [-0.2, 0) is 19.7 Å². The van der Waals surface area contributed by atoms with Gasteiger partial charge in [-0.1, -0.05) is 12.1 Å². The quantitative estimate of drug-likeness (QED) is 0.275. The SMILES string of the molecule is COCCC(=O)Nc1ccc(C(=O)OC)c(Nc2ccc(N(C)c3ccc(C45CC6CC7CC(C4)C765)cc3)cc2)c1. The van der Waals surface area contributed by atoms with E-state index in [2.05, 4.69) is 59.0 Å². The number of hydrogen-bond donors (Lipinski definition) is 2. The van der Waals surface area contributed by atoms with Crippen molar-refractivity contribution < 1.29 is 19.1 Å². The van der Waals surface area contributed by atoms with Gasteiger partial charge in [-0.2, -0.15) is 0 Å². The zero-order chi connectivity index (χ0) is 28.4. The van der Waals surface area contributed by atoms with E-state index >= 15 is 0 Å². The molecular formula is C34H37N3O4. The van der Waals surface area contributed by atoms with Gasteiger partial charge in [0.05, 0.1) is 31.4 Å². The number of esters is 1. The van der Waals surface area contributed by atoms with E-state index in [0.29, 0.717) is 34.4 Å². The lowest BCUT2D eigenvalue weighted by Gasteiger charge is -2.91. The molecule has 0 bridgehead atoms. The third-order valence-corrected chi connectivity index (χ3v) is 10.8. The second kappa shape index (κ2) is 9.62. The smallest absolute Gasteiger partial charge is 0.339 e. The summed E-state index contributed by atoms with van der Waals surface area (Å²) in [4.78, 5) is 26.8. The number of rotatable bonds is 10. The van der Waals surface area contributed by atoms with Gasteiger partial charge >= 0.3 is 5.97 Å². The summed E-state index contributed by atoms with van der Waals surface area (Å²) in [7, 11) is 5.00. The van der Waals surface area contributed by atoms with Crippen molar-refractivity contribution in [2.75, 3.05) is 43.4 Å². The number of ether oxygens (including phenoxy) is 2. The third kappa shape index (κ3) is 3.74. The molecule has 2 unspecified atom stereocenters. The Morgan fingerprint density at radius 3 is 2.10 bits per heavy atom. The van der Waals surface area contributed by atoms with E-state index in [1.807, 2.05) is 12.1 Å². The number of methoxy groups -OCH3 is 2. The lowest BCUT2D eigenvalue weighted by Crippen LogP contribution is -2.87. The molecule has 3 aromatic rings. The molecule has 2 N–H and O–H groups in total. The van der Waals surface area contributed by atoms with Gasteiger partial charge < -0.3 is 25.0 Å². The van der Waals surface area contributed by atoms with Crippen LogP contribution in [0, 0.1) is 23.2 Å². The molecule has 212 valence electrons. The van der Waals surface area contributed by atoms with Gasteiger partial charge in [-0.15, -0.1) is 0 Å². The second-order valence-corrected chi connectivity index (χ2v) is 12.3. The summed E-state index contributed by atoms with van der Waals surface area (Å²) in [6.45, 7) is 0.338. The van der Waals surface area contributed by atoms with Crippen LogP contribution in [0.15, 0.2) is 66.7 Å². The van der Waals surface area contributed by atoms with Crippen molar-refractivity contribution in [1.82, 2.24) is 0 Å². The highest BCUT2D eigenvalue weighted by molar-refractivity contribution is 5.99. The largest absolute Gasteiger partial charge is 0.465 e. The van der Waals surface area contributed by atoms with E-state index in [1.165, 1.54) is 38.5 Å². The van der Waals surface area contributed by atoms with E-state index in [1.54, 1.807) is 30.9 Å². The molecule has 4 fully saturated rings. The number of nitrogens with one attached hydrogen (secondary N) is 2. The van der Waals surface area contributed by atoms with Gasteiger partial charge in [0.2, 0.25) is 5.91 Å². The summed E-state index contributed by atoms with van der Waals surface area (Å²) in [5.74, 6) is 2.43. The predicted octanol–water partition coefficient (Wildman–Crippen LogP) is 6.65. The van der Waals surface area contributed by atoms with Crippen LogP contribution in [0.3, 0.4) is 0 Å². The summed E-state index contributed by atoms with van der Waals surface area (Å²) < 4.78 is 9.95. The second-order valence-electron chi connectivity index (χ2n) is 12.3. The van der Waals surface area contributed by atoms with Crippen LogP contribution in [0.5, 0.6) is 0 Å². The summed E-state index contributed by atoms with van der Waals surface area (Å²) in [6, 6.07) is 22.5. The highest BCUT2D eigenvalue weighted by Gasteiger charge is 2.87. The first-order valence-corrected chi connectivity index (χ1v) is 14.6. The minimum atomic E-state index is -0.455. The van der Waals surface area contributed by atoms with Crippen molar-refractivity contribution in [2.24, 2.45) is 23.2 Å². The first-order chi connectivity index (χ1) is 19.9. The molecule has 4 aliphatic rings. The monoisotopic (exact) mass is 551 g/mol. The molecule has 1 amide bonds. The molecule has 4 saturated carbocycles. The van der Waals surface area contributed by atoms with Crippen molar-refractivity contribution in [3.8, 4) is 0 Å². The van der Waals surface area contributed by atoms with Crippen molar-refractivity contribution in [3.63, 3.8) is 0 Å². The van der Waals surface area contributed by atoms with E-state index in [-0.39, 0.29) is 12.3 Å². The van der Waals surface area contributed by atoms with Gasteiger partial charge in [-0.3, -0.25) is 4.79 Å². The van der Waals surface area contributed by atoms with E-state index in [0.717, 1.165) is 29.1 Å². The molecule has 41 heavy (non-hydrogen) atoms. The molecule has 0 saturated heterocycles. The van der Waals surface area contributed by atoms with Gasteiger partial charge in [0.1, 0.15) is 0 Å². The van der Waals surface area contributed by atoms with Gasteiger partial charge in [0, 0.05) is 42.3 Å². The maximum atomic E-state index is 12.4. The minimum absolute atomic E-state index is 0.160. The molecule has 2 atom stereocenters. The van der Waals surface area contributed by atoms with Gasteiger partial charge in [-0.05, 0) is 109 Å². The van der Waals surface area contributed by atoms with Gasteiger partial charge in [0.25, 0.3) is 0 Å². The van der Waals surface area contributed by atoms with Crippen molar-refractivity contribution in [1.29, 1.82) is 0 Å². The Bertz CT molecular complexity index is 1470. The fraction of sp³-hybridized carbons (Fsp3) is 0.412. The Balaban J connectivity index is 1.04. The molecule has 0 heterocycles. The van der Waals surface area contributed by atoms with Crippen LogP contribution in [0.25, 0.3) is 0 Å². The Labute approximate surface area is 241 Å². The van der Waals surface area contributed by atoms with Crippen molar-refractivity contribution >= 4 is 40.3 Å². The van der Waals surface area contributed by atoms with Gasteiger partial charge in [0.15, 0.2) is 0 Å². The number of nitrogens with zero attached hydrogens (tertiary/aromatic N) is 1. The van der Waals surface area contributed by atoms with E-state index in [9.17, 15) is 9.59 Å². The van der Waals surface area contributed by atoms with Crippen molar-refractivity contribution in [3.05, 3.63) is 77.9 Å². The molecule has 7 nitrogen and oxygen atoms in total. The number of benzene rings is 3. The average Bonchev–Trinajstić information content (AvgIpc) is 2.95. The maximum Gasteiger partial charge on any atom is 0.339 e. The number of carbonyl (C=O) groups excluding carboxylic acids is 2. The van der Waals surface area contributed by atoms with Crippen LogP contribution >= 0.6 is 0 Å².